The van der Waals surface area contributed by atoms with Gasteiger partial charge in [0.15, 0.2) is 0 Å². The molecule has 0 unspecified atom stereocenters. The molecule has 2 rings (SSSR count). The third-order valence-corrected chi connectivity index (χ3v) is 3.00. The minimum Gasteiger partial charge on any atom is -0.434 e. The fourth-order valence-corrected chi connectivity index (χ4v) is 1.93. The van der Waals surface area contributed by atoms with Crippen LogP contribution >= 0.6 is 0 Å². The van der Waals surface area contributed by atoms with E-state index in [1.54, 1.807) is 24.4 Å². The van der Waals surface area contributed by atoms with Crippen LogP contribution in [0.1, 0.15) is 24.8 Å². The van der Waals surface area contributed by atoms with Gasteiger partial charge >= 0.3 is 6.16 Å². The first-order valence-electron chi connectivity index (χ1n) is 7.14. The Bertz CT molecular complexity index is 528. The number of benzene rings is 1. The number of carbonyl (C=O) groups excluding carboxylic acids is 1. The Morgan fingerprint density at radius 2 is 1.76 bits per heavy atom. The lowest BCUT2D eigenvalue weighted by Gasteiger charge is -2.05. The monoisotopic (exact) mass is 285 g/mol. The van der Waals surface area contributed by atoms with Gasteiger partial charge in [0, 0.05) is 12.3 Å². The SMILES string of the molecule is O=C(OCCCCCc1ccccc1)Oc1ccccn1. The van der Waals surface area contributed by atoms with E-state index in [1.165, 1.54) is 5.56 Å². The molecule has 0 saturated heterocycles. The number of nitrogens with zero attached hydrogens (tertiary/aromatic N) is 1. The molecular formula is C17H19NO3. The van der Waals surface area contributed by atoms with E-state index >= 15 is 0 Å². The second-order valence-electron chi connectivity index (χ2n) is 4.66. The molecule has 0 aliphatic carbocycles. The first-order valence-corrected chi connectivity index (χ1v) is 7.14. The summed E-state index contributed by atoms with van der Waals surface area (Å²) in [5, 5.41) is 0. The zero-order valence-electron chi connectivity index (χ0n) is 11.9. The van der Waals surface area contributed by atoms with Crippen molar-refractivity contribution in [2.45, 2.75) is 25.7 Å². The predicted molar refractivity (Wildman–Crippen MR) is 80.2 cm³/mol. The minimum absolute atomic E-state index is 0.256. The largest absolute Gasteiger partial charge is 0.515 e. The van der Waals surface area contributed by atoms with Gasteiger partial charge in [0.1, 0.15) is 0 Å². The highest BCUT2D eigenvalue weighted by Gasteiger charge is 2.05. The number of hydrogen-bond acceptors (Lipinski definition) is 4. The number of unbranched alkanes of at least 4 members (excludes halogenated alkanes) is 2. The summed E-state index contributed by atoms with van der Waals surface area (Å²) < 4.78 is 9.92. The van der Waals surface area contributed by atoms with Crippen LogP contribution in [0.3, 0.4) is 0 Å². The molecule has 0 amide bonds. The Kier molecular flexibility index (Phi) is 6.26. The predicted octanol–water partition coefficient (Wildman–Crippen LogP) is 4.01. The van der Waals surface area contributed by atoms with Crippen molar-refractivity contribution in [3.8, 4) is 5.88 Å². The maximum atomic E-state index is 11.4. The van der Waals surface area contributed by atoms with Crippen molar-refractivity contribution in [2.75, 3.05) is 6.61 Å². The van der Waals surface area contributed by atoms with Gasteiger partial charge in [-0.2, -0.15) is 0 Å². The third kappa shape index (κ3) is 6.08. The van der Waals surface area contributed by atoms with Crippen LogP contribution < -0.4 is 4.74 Å². The highest BCUT2D eigenvalue weighted by Crippen LogP contribution is 2.07. The van der Waals surface area contributed by atoms with Gasteiger partial charge in [0.25, 0.3) is 0 Å². The van der Waals surface area contributed by atoms with Crippen molar-refractivity contribution >= 4 is 6.16 Å². The molecule has 0 radical (unpaired) electrons. The molecule has 4 nitrogen and oxygen atoms in total. The lowest BCUT2D eigenvalue weighted by atomic mass is 10.1. The van der Waals surface area contributed by atoms with Gasteiger partial charge in [-0.25, -0.2) is 9.78 Å². The number of aromatic nitrogens is 1. The number of pyridine rings is 1. The molecule has 0 atom stereocenters. The Labute approximate surface area is 124 Å². The molecule has 110 valence electrons. The van der Waals surface area contributed by atoms with Gasteiger partial charge in [-0.05, 0) is 37.3 Å². The molecule has 0 bridgehead atoms. The van der Waals surface area contributed by atoms with Crippen molar-refractivity contribution in [3.63, 3.8) is 0 Å². The summed E-state index contributed by atoms with van der Waals surface area (Å²) in [6.45, 7) is 0.375. The fourth-order valence-electron chi connectivity index (χ4n) is 1.93. The Balaban J connectivity index is 1.52. The highest BCUT2D eigenvalue weighted by atomic mass is 16.7. The topological polar surface area (TPSA) is 48.4 Å². The smallest absolute Gasteiger partial charge is 0.434 e. The second kappa shape index (κ2) is 8.74. The molecule has 0 spiro atoms. The first kappa shape index (κ1) is 15.0. The number of ether oxygens (including phenoxy) is 2. The molecule has 4 heteroatoms. The van der Waals surface area contributed by atoms with Crippen LogP contribution in [0.4, 0.5) is 4.79 Å². The first-order chi connectivity index (χ1) is 10.3. The van der Waals surface area contributed by atoms with Crippen LogP contribution in [0.25, 0.3) is 0 Å². The van der Waals surface area contributed by atoms with E-state index in [9.17, 15) is 4.79 Å². The Morgan fingerprint density at radius 3 is 2.52 bits per heavy atom. The summed E-state index contributed by atoms with van der Waals surface area (Å²) in [6, 6.07) is 15.5. The summed E-state index contributed by atoms with van der Waals surface area (Å²) in [5.74, 6) is 0.256. The summed E-state index contributed by atoms with van der Waals surface area (Å²) in [6.07, 6.45) is 4.86. The normalized spacial score (nSPS) is 10.1. The van der Waals surface area contributed by atoms with E-state index in [-0.39, 0.29) is 5.88 Å². The van der Waals surface area contributed by atoms with Gasteiger partial charge in [0.05, 0.1) is 6.61 Å². The summed E-state index contributed by atoms with van der Waals surface area (Å²) >= 11 is 0. The van der Waals surface area contributed by atoms with E-state index in [0.717, 1.165) is 25.7 Å². The van der Waals surface area contributed by atoms with Crippen molar-refractivity contribution < 1.29 is 14.3 Å². The maximum absolute atomic E-state index is 11.4. The summed E-state index contributed by atoms with van der Waals surface area (Å²) in [7, 11) is 0. The Morgan fingerprint density at radius 1 is 0.952 bits per heavy atom. The van der Waals surface area contributed by atoms with Gasteiger partial charge in [-0.1, -0.05) is 36.4 Å². The van der Waals surface area contributed by atoms with Crippen LogP contribution in [-0.2, 0) is 11.2 Å². The van der Waals surface area contributed by atoms with Gasteiger partial charge < -0.3 is 9.47 Å². The molecule has 0 N–H and O–H groups in total. The standard InChI is InChI=1S/C17H19NO3/c19-17(21-16-12-6-7-13-18-16)20-14-8-2-5-11-15-9-3-1-4-10-15/h1,3-4,6-7,9-10,12-13H,2,5,8,11,14H2. The number of carbonyl (C=O) groups is 1. The summed E-state index contributed by atoms with van der Waals surface area (Å²) in [4.78, 5) is 15.3. The fraction of sp³-hybridized carbons (Fsp3) is 0.294. The molecule has 0 saturated carbocycles. The molecule has 1 aromatic heterocycles. The molecule has 2 aromatic rings. The van der Waals surface area contributed by atoms with Crippen molar-refractivity contribution in [2.24, 2.45) is 0 Å². The van der Waals surface area contributed by atoms with Crippen molar-refractivity contribution in [3.05, 3.63) is 60.3 Å². The van der Waals surface area contributed by atoms with E-state index in [2.05, 4.69) is 17.1 Å². The highest BCUT2D eigenvalue weighted by molar-refractivity contribution is 5.62. The third-order valence-electron chi connectivity index (χ3n) is 3.00. The average Bonchev–Trinajstić information content (AvgIpc) is 2.53. The minimum atomic E-state index is -0.697. The number of hydrogen-bond donors (Lipinski definition) is 0. The summed E-state index contributed by atoms with van der Waals surface area (Å²) in [5.41, 5.74) is 1.34. The molecule has 1 aromatic carbocycles. The zero-order valence-corrected chi connectivity index (χ0v) is 11.9. The van der Waals surface area contributed by atoms with E-state index in [1.807, 2.05) is 18.2 Å². The van der Waals surface area contributed by atoms with Crippen molar-refractivity contribution in [1.29, 1.82) is 0 Å². The molecule has 0 aliphatic heterocycles. The second-order valence-corrected chi connectivity index (χ2v) is 4.66. The quantitative estimate of drug-likeness (QED) is 0.569. The molecule has 1 heterocycles. The number of aryl methyl sites for hydroxylation is 1. The van der Waals surface area contributed by atoms with Crippen LogP contribution in [-0.4, -0.2) is 17.7 Å². The van der Waals surface area contributed by atoms with Crippen LogP contribution in [0, 0.1) is 0 Å². The number of rotatable bonds is 7. The average molecular weight is 285 g/mol. The van der Waals surface area contributed by atoms with E-state index in [0.29, 0.717) is 6.61 Å². The van der Waals surface area contributed by atoms with Gasteiger partial charge in [-0.3, -0.25) is 0 Å². The van der Waals surface area contributed by atoms with Gasteiger partial charge in [0.2, 0.25) is 5.88 Å². The lowest BCUT2D eigenvalue weighted by Crippen LogP contribution is -2.12. The van der Waals surface area contributed by atoms with E-state index in [4.69, 9.17) is 9.47 Å². The molecule has 0 aliphatic rings. The molecule has 0 fully saturated rings. The Hall–Kier alpha value is -2.36. The van der Waals surface area contributed by atoms with Crippen LogP contribution in [0.2, 0.25) is 0 Å². The van der Waals surface area contributed by atoms with E-state index < -0.39 is 6.16 Å². The molecule has 21 heavy (non-hydrogen) atoms. The maximum Gasteiger partial charge on any atom is 0.515 e. The van der Waals surface area contributed by atoms with Crippen LogP contribution in [0.15, 0.2) is 54.7 Å². The van der Waals surface area contributed by atoms with Gasteiger partial charge in [-0.15, -0.1) is 0 Å². The van der Waals surface area contributed by atoms with Crippen LogP contribution in [0.5, 0.6) is 5.88 Å². The molecular weight excluding hydrogens is 266 g/mol. The van der Waals surface area contributed by atoms with Crippen molar-refractivity contribution in [1.82, 2.24) is 4.98 Å². The lowest BCUT2D eigenvalue weighted by molar-refractivity contribution is 0.0958. The zero-order chi connectivity index (χ0) is 14.8.